The Kier molecular flexibility index (Phi) is 4.73. The van der Waals surface area contributed by atoms with Crippen molar-refractivity contribution < 1.29 is 8.42 Å². The fourth-order valence-electron chi connectivity index (χ4n) is 3.08. The molecule has 0 unspecified atom stereocenters. The van der Waals surface area contributed by atoms with E-state index in [1.807, 2.05) is 18.2 Å². The van der Waals surface area contributed by atoms with Crippen molar-refractivity contribution in [3.05, 3.63) is 54.1 Å². The van der Waals surface area contributed by atoms with Gasteiger partial charge in [-0.25, -0.2) is 18.4 Å². The standard InChI is InChI=1S/C17H21N3O2S/c1-23(21,22)16-6-4-14(5-7-16)11-20-10-2-3-15(12-20)17-8-9-18-13-19-17/h4-9,13,15H,2-3,10-12H2,1H3/t15-/m1/s1. The van der Waals surface area contributed by atoms with Gasteiger partial charge in [-0.3, -0.25) is 4.90 Å². The minimum atomic E-state index is -3.13. The highest BCUT2D eigenvalue weighted by Crippen LogP contribution is 2.26. The van der Waals surface area contributed by atoms with Gasteiger partial charge in [0.25, 0.3) is 0 Å². The Bertz CT molecular complexity index is 745. The van der Waals surface area contributed by atoms with Gasteiger partial charge in [0.15, 0.2) is 9.84 Å². The number of benzene rings is 1. The Balaban J connectivity index is 1.66. The summed E-state index contributed by atoms with van der Waals surface area (Å²) in [5.74, 6) is 0.446. The molecule has 1 aliphatic rings. The van der Waals surface area contributed by atoms with Crippen molar-refractivity contribution in [2.45, 2.75) is 30.2 Å². The number of nitrogens with zero attached hydrogens (tertiary/aromatic N) is 3. The lowest BCUT2D eigenvalue weighted by Crippen LogP contribution is -2.34. The molecule has 0 saturated carbocycles. The van der Waals surface area contributed by atoms with Crippen molar-refractivity contribution in [3.8, 4) is 0 Å². The second-order valence-electron chi connectivity index (χ2n) is 6.12. The van der Waals surface area contributed by atoms with Gasteiger partial charge < -0.3 is 0 Å². The van der Waals surface area contributed by atoms with Crippen LogP contribution in [0.5, 0.6) is 0 Å². The van der Waals surface area contributed by atoms with E-state index in [1.54, 1.807) is 24.7 Å². The lowest BCUT2D eigenvalue weighted by atomic mass is 9.94. The predicted octanol–water partition coefficient (Wildman–Crippen LogP) is 2.26. The monoisotopic (exact) mass is 331 g/mol. The van der Waals surface area contributed by atoms with E-state index >= 15 is 0 Å². The summed E-state index contributed by atoms with van der Waals surface area (Å²) in [6.07, 6.45) is 6.94. The molecular weight excluding hydrogens is 310 g/mol. The summed E-state index contributed by atoms with van der Waals surface area (Å²) < 4.78 is 23.0. The maximum Gasteiger partial charge on any atom is 0.175 e. The second kappa shape index (κ2) is 6.76. The molecule has 1 aliphatic heterocycles. The molecule has 1 atom stereocenters. The molecule has 1 fully saturated rings. The minimum absolute atomic E-state index is 0.374. The molecule has 1 aromatic carbocycles. The number of piperidine rings is 1. The predicted molar refractivity (Wildman–Crippen MR) is 88.8 cm³/mol. The van der Waals surface area contributed by atoms with Crippen LogP contribution < -0.4 is 0 Å². The van der Waals surface area contributed by atoms with Crippen LogP contribution in [-0.2, 0) is 16.4 Å². The Labute approximate surface area is 137 Å². The first-order valence-electron chi connectivity index (χ1n) is 7.79. The van der Waals surface area contributed by atoms with Crippen LogP contribution in [0.3, 0.4) is 0 Å². The summed E-state index contributed by atoms with van der Waals surface area (Å²) in [4.78, 5) is 11.1. The van der Waals surface area contributed by atoms with Crippen LogP contribution in [0.25, 0.3) is 0 Å². The van der Waals surface area contributed by atoms with Gasteiger partial charge in [-0.15, -0.1) is 0 Å². The van der Waals surface area contributed by atoms with E-state index < -0.39 is 9.84 Å². The quantitative estimate of drug-likeness (QED) is 0.860. The molecule has 0 amide bonds. The van der Waals surface area contributed by atoms with Crippen molar-refractivity contribution in [1.82, 2.24) is 14.9 Å². The molecule has 6 heteroatoms. The molecule has 1 saturated heterocycles. The van der Waals surface area contributed by atoms with E-state index in [9.17, 15) is 8.42 Å². The van der Waals surface area contributed by atoms with Gasteiger partial charge in [-0.2, -0.15) is 0 Å². The number of rotatable bonds is 4. The van der Waals surface area contributed by atoms with Gasteiger partial charge in [0, 0.05) is 37.2 Å². The molecule has 2 heterocycles. The van der Waals surface area contributed by atoms with Crippen LogP contribution in [0.4, 0.5) is 0 Å². The molecule has 122 valence electrons. The van der Waals surface area contributed by atoms with E-state index in [2.05, 4.69) is 14.9 Å². The summed E-state index contributed by atoms with van der Waals surface area (Å²) in [6.45, 7) is 2.88. The third kappa shape index (κ3) is 4.14. The largest absolute Gasteiger partial charge is 0.298 e. The fraction of sp³-hybridized carbons (Fsp3) is 0.412. The highest BCUT2D eigenvalue weighted by Gasteiger charge is 2.22. The molecule has 3 rings (SSSR count). The first-order valence-corrected chi connectivity index (χ1v) is 9.69. The Morgan fingerprint density at radius 3 is 2.65 bits per heavy atom. The Morgan fingerprint density at radius 2 is 2.00 bits per heavy atom. The van der Waals surface area contributed by atoms with Crippen molar-refractivity contribution in [1.29, 1.82) is 0 Å². The molecule has 1 aromatic heterocycles. The first-order chi connectivity index (χ1) is 11.0. The lowest BCUT2D eigenvalue weighted by Gasteiger charge is -2.32. The van der Waals surface area contributed by atoms with Crippen molar-refractivity contribution >= 4 is 9.84 Å². The smallest absolute Gasteiger partial charge is 0.175 e. The van der Waals surface area contributed by atoms with Crippen LogP contribution in [0.2, 0.25) is 0 Å². The second-order valence-corrected chi connectivity index (χ2v) is 8.14. The molecule has 0 spiro atoms. The SMILES string of the molecule is CS(=O)(=O)c1ccc(CN2CCC[C@@H](c3ccncn3)C2)cc1. The van der Waals surface area contributed by atoms with Gasteiger partial charge in [-0.1, -0.05) is 12.1 Å². The summed E-state index contributed by atoms with van der Waals surface area (Å²) in [5, 5.41) is 0. The molecule has 5 nitrogen and oxygen atoms in total. The first kappa shape index (κ1) is 16.1. The topological polar surface area (TPSA) is 63.2 Å². The lowest BCUT2D eigenvalue weighted by molar-refractivity contribution is 0.198. The molecule has 0 bridgehead atoms. The summed E-state index contributed by atoms with van der Waals surface area (Å²) >= 11 is 0. The van der Waals surface area contributed by atoms with Crippen LogP contribution in [0.1, 0.15) is 30.0 Å². The Hall–Kier alpha value is -1.79. The van der Waals surface area contributed by atoms with E-state index in [0.717, 1.165) is 43.7 Å². The number of sulfone groups is 1. The van der Waals surface area contributed by atoms with Crippen LogP contribution in [-0.4, -0.2) is 42.6 Å². The maximum absolute atomic E-state index is 11.5. The molecule has 0 N–H and O–H groups in total. The van der Waals surface area contributed by atoms with Gasteiger partial charge in [0.1, 0.15) is 6.33 Å². The normalized spacial score (nSPS) is 19.6. The highest BCUT2D eigenvalue weighted by molar-refractivity contribution is 7.90. The molecule has 0 aliphatic carbocycles. The van der Waals surface area contributed by atoms with Crippen molar-refractivity contribution in [2.24, 2.45) is 0 Å². The highest BCUT2D eigenvalue weighted by atomic mass is 32.2. The average Bonchev–Trinajstić information content (AvgIpc) is 2.56. The van der Waals surface area contributed by atoms with E-state index in [1.165, 1.54) is 6.26 Å². The van der Waals surface area contributed by atoms with Gasteiger partial charge >= 0.3 is 0 Å². The summed E-state index contributed by atoms with van der Waals surface area (Å²) in [5.41, 5.74) is 2.25. The van der Waals surface area contributed by atoms with E-state index in [0.29, 0.717) is 10.8 Å². The Morgan fingerprint density at radius 1 is 1.22 bits per heavy atom. The minimum Gasteiger partial charge on any atom is -0.298 e. The number of aromatic nitrogens is 2. The van der Waals surface area contributed by atoms with Crippen LogP contribution >= 0.6 is 0 Å². The molecular formula is C17H21N3O2S. The zero-order chi connectivity index (χ0) is 16.3. The van der Waals surface area contributed by atoms with E-state index in [-0.39, 0.29) is 0 Å². The van der Waals surface area contributed by atoms with Gasteiger partial charge in [-0.05, 0) is 43.1 Å². The third-order valence-electron chi connectivity index (χ3n) is 4.29. The molecule has 0 radical (unpaired) electrons. The van der Waals surface area contributed by atoms with Crippen molar-refractivity contribution in [3.63, 3.8) is 0 Å². The third-order valence-corrected chi connectivity index (χ3v) is 5.41. The average molecular weight is 331 g/mol. The zero-order valence-corrected chi connectivity index (χ0v) is 14.0. The fourth-order valence-corrected chi connectivity index (χ4v) is 3.71. The molecule has 2 aromatic rings. The van der Waals surface area contributed by atoms with E-state index in [4.69, 9.17) is 0 Å². The van der Waals surface area contributed by atoms with Crippen LogP contribution in [0, 0.1) is 0 Å². The number of hydrogen-bond acceptors (Lipinski definition) is 5. The maximum atomic E-state index is 11.5. The number of likely N-dealkylation sites (tertiary alicyclic amines) is 1. The van der Waals surface area contributed by atoms with Crippen LogP contribution in [0.15, 0.2) is 47.8 Å². The van der Waals surface area contributed by atoms with Crippen molar-refractivity contribution in [2.75, 3.05) is 19.3 Å². The zero-order valence-electron chi connectivity index (χ0n) is 13.2. The molecule has 23 heavy (non-hydrogen) atoms. The number of hydrogen-bond donors (Lipinski definition) is 0. The van der Waals surface area contributed by atoms with Gasteiger partial charge in [0.05, 0.1) is 4.90 Å². The van der Waals surface area contributed by atoms with Gasteiger partial charge in [0.2, 0.25) is 0 Å². The summed E-state index contributed by atoms with van der Waals surface area (Å²) in [6, 6.07) is 9.19. The summed E-state index contributed by atoms with van der Waals surface area (Å²) in [7, 11) is -3.13.